The van der Waals surface area contributed by atoms with Crippen molar-refractivity contribution < 1.29 is 23.9 Å². The standard InChI is InChI=1S/C15H26N2O5/c1-11(2)10-12(15(20)21-3)16-13(18)4-5-14(19)17-6-8-22-9-7-17/h11-12H,4-10H2,1-3H3,(H,16,18)/t12-/m0/s1. The molecule has 0 bridgehead atoms. The summed E-state index contributed by atoms with van der Waals surface area (Å²) >= 11 is 0. The number of esters is 1. The lowest BCUT2D eigenvalue weighted by molar-refractivity contribution is -0.145. The molecule has 1 rings (SSSR count). The van der Waals surface area contributed by atoms with Gasteiger partial charge in [-0.25, -0.2) is 4.79 Å². The number of hydrogen-bond acceptors (Lipinski definition) is 5. The number of hydrogen-bond donors (Lipinski definition) is 1. The molecule has 1 aliphatic heterocycles. The van der Waals surface area contributed by atoms with Crippen LogP contribution in [0.1, 0.15) is 33.1 Å². The van der Waals surface area contributed by atoms with E-state index in [9.17, 15) is 14.4 Å². The SMILES string of the molecule is COC(=O)[C@H](CC(C)C)NC(=O)CCC(=O)N1CCOCC1. The topological polar surface area (TPSA) is 84.9 Å². The van der Waals surface area contributed by atoms with Gasteiger partial charge in [0.15, 0.2) is 0 Å². The van der Waals surface area contributed by atoms with Crippen LogP contribution in [-0.2, 0) is 23.9 Å². The number of methoxy groups -OCH3 is 1. The molecule has 1 saturated heterocycles. The maximum atomic E-state index is 12.0. The van der Waals surface area contributed by atoms with Gasteiger partial charge in [0.2, 0.25) is 11.8 Å². The molecule has 0 aromatic carbocycles. The number of amides is 2. The van der Waals surface area contributed by atoms with E-state index < -0.39 is 12.0 Å². The summed E-state index contributed by atoms with van der Waals surface area (Å²) in [6, 6.07) is -0.656. The Kier molecular flexibility index (Phi) is 7.87. The fourth-order valence-corrected chi connectivity index (χ4v) is 2.29. The van der Waals surface area contributed by atoms with Crippen molar-refractivity contribution in [3.8, 4) is 0 Å². The second-order valence-electron chi connectivity index (χ2n) is 5.77. The van der Waals surface area contributed by atoms with Crippen LogP contribution in [0.2, 0.25) is 0 Å². The van der Waals surface area contributed by atoms with Crippen LogP contribution in [-0.4, -0.2) is 62.1 Å². The molecular weight excluding hydrogens is 288 g/mol. The Morgan fingerprint density at radius 3 is 2.36 bits per heavy atom. The normalized spacial score (nSPS) is 16.3. The maximum absolute atomic E-state index is 12.0. The molecule has 0 aromatic rings. The van der Waals surface area contributed by atoms with Gasteiger partial charge in [-0.1, -0.05) is 13.8 Å². The second-order valence-corrected chi connectivity index (χ2v) is 5.77. The molecule has 0 aromatic heterocycles. The number of ether oxygens (including phenoxy) is 2. The molecular formula is C15H26N2O5. The predicted molar refractivity (Wildman–Crippen MR) is 80.0 cm³/mol. The minimum absolute atomic E-state index is 0.0584. The molecule has 0 aliphatic carbocycles. The second kappa shape index (κ2) is 9.40. The van der Waals surface area contributed by atoms with E-state index in [0.717, 1.165) is 0 Å². The maximum Gasteiger partial charge on any atom is 0.328 e. The van der Waals surface area contributed by atoms with Gasteiger partial charge < -0.3 is 19.7 Å². The van der Waals surface area contributed by atoms with Gasteiger partial charge in [0.05, 0.1) is 20.3 Å². The molecule has 7 nitrogen and oxygen atoms in total. The third-order valence-electron chi connectivity index (χ3n) is 3.46. The summed E-state index contributed by atoms with van der Waals surface area (Å²) in [5.74, 6) is -0.574. The lowest BCUT2D eigenvalue weighted by atomic mass is 10.0. The van der Waals surface area contributed by atoms with E-state index >= 15 is 0 Å². The van der Waals surface area contributed by atoms with E-state index in [2.05, 4.69) is 5.32 Å². The molecule has 22 heavy (non-hydrogen) atoms. The highest BCUT2D eigenvalue weighted by Gasteiger charge is 2.23. The van der Waals surface area contributed by atoms with Crippen LogP contribution < -0.4 is 5.32 Å². The van der Waals surface area contributed by atoms with Crippen LogP contribution in [0, 0.1) is 5.92 Å². The van der Waals surface area contributed by atoms with Gasteiger partial charge in [0.25, 0.3) is 0 Å². The number of morpholine rings is 1. The van der Waals surface area contributed by atoms with Crippen LogP contribution in [0.15, 0.2) is 0 Å². The highest BCUT2D eigenvalue weighted by molar-refractivity contribution is 5.87. The predicted octanol–water partition coefficient (Wildman–Crippen LogP) is 0.329. The number of rotatable bonds is 7. The van der Waals surface area contributed by atoms with Gasteiger partial charge in [-0.05, 0) is 12.3 Å². The average Bonchev–Trinajstić information content (AvgIpc) is 2.51. The van der Waals surface area contributed by atoms with Crippen molar-refractivity contribution in [3.05, 3.63) is 0 Å². The average molecular weight is 314 g/mol. The summed E-state index contributed by atoms with van der Waals surface area (Å²) in [7, 11) is 1.30. The first-order chi connectivity index (χ1) is 10.4. The van der Waals surface area contributed by atoms with Crippen molar-refractivity contribution in [1.29, 1.82) is 0 Å². The molecule has 0 unspecified atom stereocenters. The molecule has 1 N–H and O–H groups in total. The zero-order chi connectivity index (χ0) is 16.5. The van der Waals surface area contributed by atoms with Crippen LogP contribution in [0.5, 0.6) is 0 Å². The van der Waals surface area contributed by atoms with Crippen LogP contribution in [0.25, 0.3) is 0 Å². The number of carbonyl (C=O) groups is 3. The van der Waals surface area contributed by atoms with E-state index in [4.69, 9.17) is 9.47 Å². The Morgan fingerprint density at radius 2 is 1.82 bits per heavy atom. The summed E-state index contributed by atoms with van der Waals surface area (Å²) in [6.45, 7) is 6.14. The van der Waals surface area contributed by atoms with Crippen molar-refractivity contribution in [2.45, 2.75) is 39.2 Å². The highest BCUT2D eigenvalue weighted by Crippen LogP contribution is 2.07. The minimum Gasteiger partial charge on any atom is -0.467 e. The first kappa shape index (κ1) is 18.4. The molecule has 0 spiro atoms. The quantitative estimate of drug-likeness (QED) is 0.685. The van der Waals surface area contributed by atoms with Gasteiger partial charge in [-0.3, -0.25) is 9.59 Å². The molecule has 1 aliphatic rings. The molecule has 2 amide bonds. The van der Waals surface area contributed by atoms with E-state index in [-0.39, 0.29) is 30.6 Å². The highest BCUT2D eigenvalue weighted by atomic mass is 16.5. The number of nitrogens with one attached hydrogen (secondary N) is 1. The molecule has 1 fully saturated rings. The molecule has 126 valence electrons. The smallest absolute Gasteiger partial charge is 0.328 e. The Hall–Kier alpha value is -1.63. The largest absolute Gasteiger partial charge is 0.467 e. The first-order valence-electron chi connectivity index (χ1n) is 7.66. The summed E-state index contributed by atoms with van der Waals surface area (Å²) < 4.78 is 9.87. The van der Waals surface area contributed by atoms with Crippen molar-refractivity contribution >= 4 is 17.8 Å². The fraction of sp³-hybridized carbons (Fsp3) is 0.800. The third kappa shape index (κ3) is 6.43. The van der Waals surface area contributed by atoms with Gasteiger partial charge in [0, 0.05) is 25.9 Å². The third-order valence-corrected chi connectivity index (χ3v) is 3.46. The molecule has 1 atom stereocenters. The zero-order valence-electron chi connectivity index (χ0n) is 13.6. The van der Waals surface area contributed by atoms with E-state index in [0.29, 0.717) is 32.7 Å². The Balaban J connectivity index is 2.39. The summed E-state index contributed by atoms with van der Waals surface area (Å²) in [4.78, 5) is 37.2. The van der Waals surface area contributed by atoms with Gasteiger partial charge in [-0.15, -0.1) is 0 Å². The first-order valence-corrected chi connectivity index (χ1v) is 7.66. The number of carbonyl (C=O) groups excluding carboxylic acids is 3. The Labute approximate surface area is 131 Å². The summed E-state index contributed by atoms with van der Waals surface area (Å²) in [5, 5.41) is 2.65. The molecule has 7 heteroatoms. The van der Waals surface area contributed by atoms with Crippen molar-refractivity contribution in [2.75, 3.05) is 33.4 Å². The fourth-order valence-electron chi connectivity index (χ4n) is 2.29. The lowest BCUT2D eigenvalue weighted by Gasteiger charge is -2.26. The van der Waals surface area contributed by atoms with Crippen molar-refractivity contribution in [2.24, 2.45) is 5.92 Å². The lowest BCUT2D eigenvalue weighted by Crippen LogP contribution is -2.43. The van der Waals surface area contributed by atoms with Crippen LogP contribution >= 0.6 is 0 Å². The van der Waals surface area contributed by atoms with Gasteiger partial charge >= 0.3 is 5.97 Å². The van der Waals surface area contributed by atoms with Crippen LogP contribution in [0.4, 0.5) is 0 Å². The van der Waals surface area contributed by atoms with Crippen molar-refractivity contribution in [1.82, 2.24) is 10.2 Å². The van der Waals surface area contributed by atoms with E-state index in [1.54, 1.807) is 4.90 Å². The van der Waals surface area contributed by atoms with Gasteiger partial charge in [-0.2, -0.15) is 0 Å². The summed E-state index contributed by atoms with van der Waals surface area (Å²) in [5.41, 5.74) is 0. The van der Waals surface area contributed by atoms with Crippen LogP contribution in [0.3, 0.4) is 0 Å². The van der Waals surface area contributed by atoms with E-state index in [1.807, 2.05) is 13.8 Å². The Morgan fingerprint density at radius 1 is 1.18 bits per heavy atom. The summed E-state index contributed by atoms with van der Waals surface area (Å²) in [6.07, 6.45) is 0.721. The number of nitrogens with zero attached hydrogens (tertiary/aromatic N) is 1. The Bertz CT molecular complexity index is 391. The zero-order valence-corrected chi connectivity index (χ0v) is 13.6. The van der Waals surface area contributed by atoms with E-state index in [1.165, 1.54) is 7.11 Å². The molecule has 0 saturated carbocycles. The minimum atomic E-state index is -0.656. The van der Waals surface area contributed by atoms with Gasteiger partial charge in [0.1, 0.15) is 6.04 Å². The molecule has 0 radical (unpaired) electrons. The van der Waals surface area contributed by atoms with Crippen molar-refractivity contribution in [3.63, 3.8) is 0 Å². The monoisotopic (exact) mass is 314 g/mol. The molecule has 1 heterocycles.